The third kappa shape index (κ3) is 7.30. The van der Waals surface area contributed by atoms with Gasteiger partial charge in [-0.2, -0.15) is 0 Å². The summed E-state index contributed by atoms with van der Waals surface area (Å²) in [6.45, 7) is 12.7. The highest BCUT2D eigenvalue weighted by Crippen LogP contribution is 2.23. The molecule has 1 rings (SSSR count). The summed E-state index contributed by atoms with van der Waals surface area (Å²) in [6.07, 6.45) is 2.22. The Balaban J connectivity index is 2.38. The topological polar surface area (TPSA) is 24.5 Å². The molecule has 0 saturated carbocycles. The molecule has 0 atom stereocenters. The van der Waals surface area contributed by atoms with Gasteiger partial charge in [-0.05, 0) is 57.2 Å². The molecular weight excluding hydrogens is 328 g/mol. The van der Waals surface area contributed by atoms with Crippen LogP contribution in [-0.2, 0) is 6.54 Å². The normalized spacial score (nSPS) is 11.1. The van der Waals surface area contributed by atoms with Gasteiger partial charge in [-0.15, -0.1) is 0 Å². The van der Waals surface area contributed by atoms with E-state index >= 15 is 0 Å². The Kier molecular flexibility index (Phi) is 9.72. The third-order valence-electron chi connectivity index (χ3n) is 3.52. The van der Waals surface area contributed by atoms with Crippen molar-refractivity contribution >= 4 is 15.9 Å². The van der Waals surface area contributed by atoms with Gasteiger partial charge in [0.25, 0.3) is 0 Å². The van der Waals surface area contributed by atoms with Gasteiger partial charge in [0.2, 0.25) is 0 Å². The van der Waals surface area contributed by atoms with E-state index in [2.05, 4.69) is 53.0 Å². The SMILES string of the molecule is CCCOc1ccc(Br)cc1CNCCCN(CC)CC. The highest BCUT2D eigenvalue weighted by atomic mass is 79.9. The molecule has 0 amide bonds. The van der Waals surface area contributed by atoms with Crippen molar-refractivity contribution < 1.29 is 4.74 Å². The zero-order chi connectivity index (χ0) is 15.5. The van der Waals surface area contributed by atoms with Crippen LogP contribution in [0.1, 0.15) is 39.2 Å². The molecule has 0 aromatic heterocycles. The summed E-state index contributed by atoms with van der Waals surface area (Å²) in [5.41, 5.74) is 1.22. The lowest BCUT2D eigenvalue weighted by Gasteiger charge is -2.18. The molecule has 0 aliphatic carbocycles. The zero-order valence-corrected chi connectivity index (χ0v) is 15.2. The van der Waals surface area contributed by atoms with Crippen LogP contribution in [0.15, 0.2) is 22.7 Å². The van der Waals surface area contributed by atoms with Crippen molar-refractivity contribution in [1.82, 2.24) is 10.2 Å². The third-order valence-corrected chi connectivity index (χ3v) is 4.02. The molecule has 4 heteroatoms. The second-order valence-electron chi connectivity index (χ2n) is 5.16. The van der Waals surface area contributed by atoms with E-state index in [1.54, 1.807) is 0 Å². The molecule has 0 aliphatic heterocycles. The minimum absolute atomic E-state index is 0.774. The van der Waals surface area contributed by atoms with Crippen LogP contribution in [0.3, 0.4) is 0 Å². The number of hydrogen-bond acceptors (Lipinski definition) is 3. The van der Waals surface area contributed by atoms with Crippen molar-refractivity contribution in [2.75, 3.05) is 32.8 Å². The first-order valence-corrected chi connectivity index (χ1v) is 8.84. The molecule has 1 aromatic carbocycles. The van der Waals surface area contributed by atoms with Crippen LogP contribution in [0.4, 0.5) is 0 Å². The van der Waals surface area contributed by atoms with Crippen molar-refractivity contribution in [1.29, 1.82) is 0 Å². The predicted molar refractivity (Wildman–Crippen MR) is 94.0 cm³/mol. The van der Waals surface area contributed by atoms with Gasteiger partial charge >= 0.3 is 0 Å². The van der Waals surface area contributed by atoms with Gasteiger partial charge in [0.15, 0.2) is 0 Å². The van der Waals surface area contributed by atoms with E-state index in [1.165, 1.54) is 12.0 Å². The molecule has 0 radical (unpaired) electrons. The fourth-order valence-corrected chi connectivity index (χ4v) is 2.64. The predicted octanol–water partition coefficient (Wildman–Crippen LogP) is 4.06. The van der Waals surface area contributed by atoms with E-state index in [0.717, 1.165) is 56.0 Å². The number of hydrogen-bond donors (Lipinski definition) is 1. The van der Waals surface area contributed by atoms with Gasteiger partial charge in [-0.1, -0.05) is 36.7 Å². The lowest BCUT2D eigenvalue weighted by atomic mass is 10.2. The average Bonchev–Trinajstić information content (AvgIpc) is 2.50. The Morgan fingerprint density at radius 1 is 1.19 bits per heavy atom. The molecule has 1 N–H and O–H groups in total. The first-order chi connectivity index (χ1) is 10.2. The lowest BCUT2D eigenvalue weighted by Crippen LogP contribution is -2.27. The molecule has 120 valence electrons. The van der Waals surface area contributed by atoms with Crippen LogP contribution in [-0.4, -0.2) is 37.7 Å². The molecule has 0 unspecified atom stereocenters. The van der Waals surface area contributed by atoms with Gasteiger partial charge in [-0.3, -0.25) is 0 Å². The largest absolute Gasteiger partial charge is 0.493 e. The van der Waals surface area contributed by atoms with Crippen molar-refractivity contribution in [3.63, 3.8) is 0 Å². The molecule has 0 heterocycles. The number of nitrogens with zero attached hydrogens (tertiary/aromatic N) is 1. The molecule has 0 fully saturated rings. The number of nitrogens with one attached hydrogen (secondary N) is 1. The monoisotopic (exact) mass is 356 g/mol. The minimum atomic E-state index is 0.774. The summed E-state index contributed by atoms with van der Waals surface area (Å²) in [4.78, 5) is 2.45. The van der Waals surface area contributed by atoms with Crippen molar-refractivity contribution in [3.05, 3.63) is 28.2 Å². The van der Waals surface area contributed by atoms with Crippen molar-refractivity contribution in [2.24, 2.45) is 0 Å². The molecular formula is C17H29BrN2O. The summed E-state index contributed by atoms with van der Waals surface area (Å²) in [5.74, 6) is 0.997. The molecule has 3 nitrogen and oxygen atoms in total. The molecule has 0 bridgehead atoms. The average molecular weight is 357 g/mol. The van der Waals surface area contributed by atoms with Crippen LogP contribution >= 0.6 is 15.9 Å². The maximum atomic E-state index is 5.80. The van der Waals surface area contributed by atoms with Crippen LogP contribution < -0.4 is 10.1 Å². The Labute approximate surface area is 138 Å². The number of rotatable bonds is 11. The standard InChI is InChI=1S/C17H29BrN2O/c1-4-12-21-17-9-8-16(18)13-15(17)14-19-10-7-11-20(5-2)6-3/h8-9,13,19H,4-7,10-12,14H2,1-3H3. The molecule has 0 saturated heterocycles. The minimum Gasteiger partial charge on any atom is -0.493 e. The Morgan fingerprint density at radius 3 is 2.62 bits per heavy atom. The van der Waals surface area contributed by atoms with E-state index < -0.39 is 0 Å². The Bertz CT molecular complexity index is 394. The van der Waals surface area contributed by atoms with Crippen molar-refractivity contribution in [3.8, 4) is 5.75 Å². The lowest BCUT2D eigenvalue weighted by molar-refractivity contribution is 0.297. The molecule has 0 spiro atoms. The number of halogens is 1. The summed E-state index contributed by atoms with van der Waals surface area (Å²) >= 11 is 3.53. The van der Waals surface area contributed by atoms with Gasteiger partial charge in [0.1, 0.15) is 5.75 Å². The summed E-state index contributed by atoms with van der Waals surface area (Å²) in [7, 11) is 0. The fourth-order valence-electron chi connectivity index (χ4n) is 2.23. The van der Waals surface area contributed by atoms with E-state index in [9.17, 15) is 0 Å². The van der Waals surface area contributed by atoms with Gasteiger partial charge in [0, 0.05) is 16.6 Å². The van der Waals surface area contributed by atoms with E-state index in [4.69, 9.17) is 4.74 Å². The second kappa shape index (κ2) is 11.0. The molecule has 21 heavy (non-hydrogen) atoms. The quantitative estimate of drug-likeness (QED) is 0.605. The second-order valence-corrected chi connectivity index (χ2v) is 6.07. The van der Waals surface area contributed by atoms with E-state index in [-0.39, 0.29) is 0 Å². The number of benzene rings is 1. The maximum absolute atomic E-state index is 5.80. The van der Waals surface area contributed by atoms with Crippen molar-refractivity contribution in [2.45, 2.75) is 40.2 Å². The van der Waals surface area contributed by atoms with E-state index in [0.29, 0.717) is 0 Å². The summed E-state index contributed by atoms with van der Waals surface area (Å²) in [5, 5.41) is 3.52. The van der Waals surface area contributed by atoms with Gasteiger partial charge in [-0.25, -0.2) is 0 Å². The maximum Gasteiger partial charge on any atom is 0.123 e. The van der Waals surface area contributed by atoms with Crippen LogP contribution in [0.5, 0.6) is 5.75 Å². The van der Waals surface area contributed by atoms with E-state index in [1.807, 2.05) is 12.1 Å². The Morgan fingerprint density at radius 2 is 1.95 bits per heavy atom. The smallest absolute Gasteiger partial charge is 0.123 e. The first kappa shape index (κ1) is 18.5. The highest BCUT2D eigenvalue weighted by molar-refractivity contribution is 9.10. The molecule has 1 aromatic rings. The van der Waals surface area contributed by atoms with Gasteiger partial charge in [0.05, 0.1) is 6.61 Å². The van der Waals surface area contributed by atoms with Crippen LogP contribution in [0.2, 0.25) is 0 Å². The fraction of sp³-hybridized carbons (Fsp3) is 0.647. The first-order valence-electron chi connectivity index (χ1n) is 8.05. The summed E-state index contributed by atoms with van der Waals surface area (Å²) in [6, 6.07) is 6.23. The van der Waals surface area contributed by atoms with Gasteiger partial charge < -0.3 is 15.0 Å². The zero-order valence-electron chi connectivity index (χ0n) is 13.6. The Hall–Kier alpha value is -0.580. The number of ether oxygens (including phenoxy) is 1. The highest BCUT2D eigenvalue weighted by Gasteiger charge is 2.05. The van der Waals surface area contributed by atoms with Crippen LogP contribution in [0, 0.1) is 0 Å². The summed E-state index contributed by atoms with van der Waals surface area (Å²) < 4.78 is 6.91. The molecule has 0 aliphatic rings. The van der Waals surface area contributed by atoms with Crippen LogP contribution in [0.25, 0.3) is 0 Å².